The average molecular weight is 163 g/mol. The molecule has 0 fully saturated rings. The molecular formula is C5H5N7. The van der Waals surface area contributed by atoms with Crippen LogP contribution in [0.5, 0.6) is 0 Å². The molecule has 2 aromatic heterocycles. The number of aromatic nitrogens is 4. The standard InChI is InChI=1S/C5H5N7/c6-12-11-5-3-1-9-10-4(3)7-2-8-5/h1-2H,(H3,6,7,8,9,10,11). The molecule has 12 heavy (non-hydrogen) atoms. The average Bonchev–Trinajstić information content (AvgIpc) is 2.53. The van der Waals surface area contributed by atoms with E-state index in [2.05, 4.69) is 30.5 Å². The van der Waals surface area contributed by atoms with Crippen LogP contribution < -0.4 is 5.84 Å². The van der Waals surface area contributed by atoms with E-state index >= 15 is 0 Å². The third kappa shape index (κ3) is 0.875. The van der Waals surface area contributed by atoms with Crippen molar-refractivity contribution in [2.75, 3.05) is 0 Å². The first-order chi connectivity index (χ1) is 5.92. The first-order valence-corrected chi connectivity index (χ1v) is 3.17. The number of hydrogen-bond donors (Lipinski definition) is 2. The van der Waals surface area contributed by atoms with Gasteiger partial charge in [-0.3, -0.25) is 5.10 Å². The number of rotatable bonds is 1. The maximum absolute atomic E-state index is 4.89. The maximum atomic E-state index is 4.89. The molecule has 2 heterocycles. The van der Waals surface area contributed by atoms with Gasteiger partial charge in [-0.25, -0.2) is 9.97 Å². The second-order valence-corrected chi connectivity index (χ2v) is 2.05. The first-order valence-electron chi connectivity index (χ1n) is 3.17. The highest BCUT2D eigenvalue weighted by Gasteiger charge is 2.02. The van der Waals surface area contributed by atoms with Crippen molar-refractivity contribution in [1.29, 1.82) is 0 Å². The van der Waals surface area contributed by atoms with Crippen molar-refractivity contribution >= 4 is 16.9 Å². The van der Waals surface area contributed by atoms with Gasteiger partial charge in [0.15, 0.2) is 11.5 Å². The van der Waals surface area contributed by atoms with Crippen LogP contribution in [0.4, 0.5) is 5.82 Å². The van der Waals surface area contributed by atoms with E-state index in [1.54, 1.807) is 6.20 Å². The highest BCUT2D eigenvalue weighted by atomic mass is 15.3. The van der Waals surface area contributed by atoms with Crippen molar-refractivity contribution in [3.8, 4) is 0 Å². The van der Waals surface area contributed by atoms with E-state index in [1.165, 1.54) is 6.33 Å². The lowest BCUT2D eigenvalue weighted by Crippen LogP contribution is -1.81. The second-order valence-electron chi connectivity index (χ2n) is 2.05. The molecule has 0 unspecified atom stereocenters. The molecule has 0 aliphatic carbocycles. The fourth-order valence-corrected chi connectivity index (χ4v) is 0.887. The summed E-state index contributed by atoms with van der Waals surface area (Å²) in [5.74, 6) is 5.30. The van der Waals surface area contributed by atoms with Gasteiger partial charge in [0.25, 0.3) is 0 Å². The molecule has 0 spiro atoms. The largest absolute Gasteiger partial charge is 0.305 e. The molecule has 0 saturated heterocycles. The molecule has 0 aromatic carbocycles. The topological polar surface area (TPSA) is 105 Å². The normalized spacial score (nSPS) is 11.3. The van der Waals surface area contributed by atoms with Crippen LogP contribution in [0.25, 0.3) is 11.0 Å². The van der Waals surface area contributed by atoms with Crippen LogP contribution in [0.3, 0.4) is 0 Å². The van der Waals surface area contributed by atoms with Gasteiger partial charge in [-0.15, -0.1) is 5.11 Å². The van der Waals surface area contributed by atoms with E-state index < -0.39 is 0 Å². The van der Waals surface area contributed by atoms with Crippen LogP contribution in [-0.2, 0) is 0 Å². The van der Waals surface area contributed by atoms with Gasteiger partial charge in [0.05, 0.1) is 11.6 Å². The summed E-state index contributed by atoms with van der Waals surface area (Å²) in [4.78, 5) is 7.77. The van der Waals surface area contributed by atoms with Crippen LogP contribution in [0.2, 0.25) is 0 Å². The Morgan fingerprint density at radius 2 is 2.33 bits per heavy atom. The predicted octanol–water partition coefficient (Wildman–Crippen LogP) is 0.310. The summed E-state index contributed by atoms with van der Waals surface area (Å²) in [6, 6.07) is 0. The summed E-state index contributed by atoms with van der Waals surface area (Å²) in [7, 11) is 0. The van der Waals surface area contributed by atoms with E-state index in [0.717, 1.165) is 0 Å². The highest BCUT2D eigenvalue weighted by Crippen LogP contribution is 2.18. The summed E-state index contributed by atoms with van der Waals surface area (Å²) in [5, 5.41) is 13.9. The zero-order valence-corrected chi connectivity index (χ0v) is 5.97. The Hall–Kier alpha value is -2.05. The molecule has 0 saturated carbocycles. The summed E-state index contributed by atoms with van der Waals surface area (Å²) >= 11 is 0. The third-order valence-electron chi connectivity index (χ3n) is 1.38. The summed E-state index contributed by atoms with van der Waals surface area (Å²) < 4.78 is 0. The quantitative estimate of drug-likeness (QED) is 0.358. The molecule has 0 atom stereocenters. The summed E-state index contributed by atoms with van der Waals surface area (Å²) in [6.45, 7) is 0. The molecule has 60 valence electrons. The van der Waals surface area contributed by atoms with E-state index in [1.807, 2.05) is 0 Å². The van der Waals surface area contributed by atoms with Crippen LogP contribution in [0.1, 0.15) is 0 Å². The van der Waals surface area contributed by atoms with Gasteiger partial charge in [0.2, 0.25) is 0 Å². The lowest BCUT2D eigenvalue weighted by molar-refractivity contribution is 1.03. The Morgan fingerprint density at radius 1 is 1.42 bits per heavy atom. The smallest absolute Gasteiger partial charge is 0.190 e. The Labute approximate surface area is 66.7 Å². The number of nitrogens with zero attached hydrogens (tertiary/aromatic N) is 5. The lowest BCUT2D eigenvalue weighted by atomic mass is 10.4. The Bertz CT molecular complexity index is 416. The van der Waals surface area contributed by atoms with Crippen molar-refractivity contribution in [1.82, 2.24) is 20.2 Å². The molecule has 0 aliphatic rings. The van der Waals surface area contributed by atoms with Crippen LogP contribution in [-0.4, -0.2) is 20.2 Å². The fraction of sp³-hybridized carbons (Fsp3) is 0. The van der Waals surface area contributed by atoms with Gasteiger partial charge in [0.1, 0.15) is 6.33 Å². The van der Waals surface area contributed by atoms with Crippen molar-refractivity contribution in [2.24, 2.45) is 16.2 Å². The summed E-state index contributed by atoms with van der Waals surface area (Å²) in [6.07, 6.45) is 2.93. The van der Waals surface area contributed by atoms with E-state index in [-0.39, 0.29) is 0 Å². The number of nitrogens with two attached hydrogens (primary N) is 1. The van der Waals surface area contributed by atoms with E-state index in [0.29, 0.717) is 16.9 Å². The van der Waals surface area contributed by atoms with Crippen molar-refractivity contribution < 1.29 is 0 Å². The minimum atomic E-state index is 0.413. The zero-order chi connectivity index (χ0) is 8.39. The molecule has 0 radical (unpaired) electrons. The van der Waals surface area contributed by atoms with Crippen molar-refractivity contribution in [3.05, 3.63) is 12.5 Å². The van der Waals surface area contributed by atoms with Crippen molar-refractivity contribution in [2.45, 2.75) is 0 Å². The molecule has 2 aromatic rings. The molecule has 0 amide bonds. The minimum absolute atomic E-state index is 0.413. The van der Waals surface area contributed by atoms with E-state index in [4.69, 9.17) is 5.84 Å². The predicted molar refractivity (Wildman–Crippen MR) is 40.4 cm³/mol. The van der Waals surface area contributed by atoms with Crippen LogP contribution in [0.15, 0.2) is 22.9 Å². The van der Waals surface area contributed by atoms with Crippen LogP contribution in [0, 0.1) is 0 Å². The molecule has 0 aliphatic heterocycles. The number of H-pyrrole nitrogens is 1. The monoisotopic (exact) mass is 163 g/mol. The maximum Gasteiger partial charge on any atom is 0.190 e. The fourth-order valence-electron chi connectivity index (χ4n) is 0.887. The lowest BCUT2D eigenvalue weighted by Gasteiger charge is -1.89. The van der Waals surface area contributed by atoms with Gasteiger partial charge in [-0.05, 0) is 0 Å². The number of hydrogen-bond acceptors (Lipinski definition) is 5. The van der Waals surface area contributed by atoms with E-state index in [9.17, 15) is 0 Å². The minimum Gasteiger partial charge on any atom is -0.305 e. The Kier molecular flexibility index (Phi) is 1.40. The molecule has 0 bridgehead atoms. The Balaban J connectivity index is 2.73. The molecule has 7 nitrogen and oxygen atoms in total. The highest BCUT2D eigenvalue weighted by molar-refractivity contribution is 5.83. The molecule has 3 N–H and O–H groups in total. The molecule has 2 rings (SSSR count). The molecular weight excluding hydrogens is 158 g/mol. The van der Waals surface area contributed by atoms with Gasteiger partial charge >= 0.3 is 0 Å². The van der Waals surface area contributed by atoms with Gasteiger partial charge in [-0.1, -0.05) is 5.22 Å². The van der Waals surface area contributed by atoms with Gasteiger partial charge in [-0.2, -0.15) is 5.10 Å². The number of nitrogens with one attached hydrogen (secondary N) is 1. The van der Waals surface area contributed by atoms with Crippen molar-refractivity contribution in [3.63, 3.8) is 0 Å². The second kappa shape index (κ2) is 2.53. The first kappa shape index (κ1) is 6.65. The van der Waals surface area contributed by atoms with Gasteiger partial charge < -0.3 is 5.84 Å². The number of aromatic amines is 1. The SMILES string of the molecule is NN=Nc1ncnc2[nH]ncc12. The Morgan fingerprint density at radius 3 is 3.17 bits per heavy atom. The van der Waals surface area contributed by atoms with Crippen LogP contribution >= 0.6 is 0 Å². The number of fused-ring (bicyclic) bond motifs is 1. The third-order valence-corrected chi connectivity index (χ3v) is 1.38. The van der Waals surface area contributed by atoms with Gasteiger partial charge in [0, 0.05) is 0 Å². The summed E-state index contributed by atoms with van der Waals surface area (Å²) in [5.41, 5.74) is 0.618. The zero-order valence-electron chi connectivity index (χ0n) is 5.97. The molecule has 7 heteroatoms.